The van der Waals surface area contributed by atoms with Crippen molar-refractivity contribution in [2.45, 2.75) is 35.6 Å². The lowest BCUT2D eigenvalue weighted by atomic mass is 10.1. The Hall–Kier alpha value is -2.10. The van der Waals surface area contributed by atoms with Crippen LogP contribution in [0.4, 0.5) is 8.78 Å². The fourth-order valence-electron chi connectivity index (χ4n) is 2.93. The lowest BCUT2D eigenvalue weighted by Gasteiger charge is -2.26. The highest BCUT2D eigenvalue weighted by Gasteiger charge is 2.43. The van der Waals surface area contributed by atoms with Crippen LogP contribution in [0, 0.1) is 0 Å². The molecule has 1 aromatic heterocycles. The van der Waals surface area contributed by atoms with E-state index in [2.05, 4.69) is 15.1 Å². The van der Waals surface area contributed by atoms with E-state index in [0.717, 1.165) is 5.56 Å². The van der Waals surface area contributed by atoms with Gasteiger partial charge in [-0.15, -0.1) is 0 Å². The second-order valence-electron chi connectivity index (χ2n) is 5.92. The molecular weight excluding hydrogens is 364 g/mol. The van der Waals surface area contributed by atoms with Gasteiger partial charge in [-0.3, -0.25) is 0 Å². The number of aromatic nitrogens is 2. The van der Waals surface area contributed by atoms with Gasteiger partial charge in [0.1, 0.15) is 11.4 Å². The van der Waals surface area contributed by atoms with Crippen molar-refractivity contribution in [3.05, 3.63) is 42.1 Å². The maximum Gasteiger partial charge on any atom is 0.280 e. The number of fused-ring (bicyclic) bond motifs is 2. The van der Waals surface area contributed by atoms with E-state index >= 15 is 0 Å². The maximum absolute atomic E-state index is 13.3. The molecule has 2 aliphatic heterocycles. The molecule has 136 valence electrons. The van der Waals surface area contributed by atoms with E-state index in [9.17, 15) is 8.78 Å². The Labute approximate surface area is 152 Å². The molecule has 4 rings (SSSR count). The van der Waals surface area contributed by atoms with Crippen LogP contribution in [-0.2, 0) is 9.47 Å². The van der Waals surface area contributed by atoms with Crippen LogP contribution < -0.4 is 0 Å². The monoisotopic (exact) mass is 379 g/mol. The van der Waals surface area contributed by atoms with Crippen molar-refractivity contribution >= 4 is 17.5 Å². The summed E-state index contributed by atoms with van der Waals surface area (Å²) >= 11 is 1.23. The van der Waals surface area contributed by atoms with Crippen molar-refractivity contribution in [3.63, 3.8) is 0 Å². The van der Waals surface area contributed by atoms with Gasteiger partial charge in [-0.05, 0) is 6.07 Å². The molecule has 9 heteroatoms. The number of benzene rings is 1. The minimum atomic E-state index is -2.70. The third kappa shape index (κ3) is 3.42. The zero-order valence-corrected chi connectivity index (χ0v) is 14.3. The molecule has 2 aliphatic rings. The zero-order valence-electron chi connectivity index (χ0n) is 13.5. The number of rotatable bonds is 4. The first-order valence-corrected chi connectivity index (χ1v) is 8.89. The van der Waals surface area contributed by atoms with Crippen molar-refractivity contribution in [2.24, 2.45) is 5.16 Å². The highest BCUT2D eigenvalue weighted by atomic mass is 32.2. The molecule has 3 atom stereocenters. The van der Waals surface area contributed by atoms with Gasteiger partial charge in [0.05, 0.1) is 18.4 Å². The summed E-state index contributed by atoms with van der Waals surface area (Å²) in [5, 5.41) is 12.4. The molecule has 0 radical (unpaired) electrons. The van der Waals surface area contributed by atoms with E-state index in [1.54, 1.807) is 0 Å². The number of thioether (sulfide) groups is 1. The van der Waals surface area contributed by atoms with E-state index in [0.29, 0.717) is 24.4 Å². The average Bonchev–Trinajstić information content (AvgIpc) is 3.09. The van der Waals surface area contributed by atoms with Gasteiger partial charge in [0.25, 0.3) is 6.43 Å². The predicted octanol–water partition coefficient (Wildman–Crippen LogP) is 3.52. The van der Waals surface area contributed by atoms with Crippen LogP contribution in [0.25, 0.3) is 11.3 Å². The third-order valence-corrected chi connectivity index (χ3v) is 5.38. The number of halogens is 2. The Morgan fingerprint density at radius 3 is 2.77 bits per heavy atom. The number of hydrogen-bond acceptors (Lipinski definition) is 7. The van der Waals surface area contributed by atoms with E-state index < -0.39 is 12.7 Å². The number of ether oxygens (including phenoxy) is 2. The Morgan fingerprint density at radius 1 is 1.23 bits per heavy atom. The predicted molar refractivity (Wildman–Crippen MR) is 90.5 cm³/mol. The van der Waals surface area contributed by atoms with E-state index in [1.807, 2.05) is 30.3 Å². The first-order chi connectivity index (χ1) is 12.6. The van der Waals surface area contributed by atoms with Gasteiger partial charge >= 0.3 is 0 Å². The molecule has 1 aromatic carbocycles. The standard InChI is InChI=1S/C17H15F2N3O3S/c18-15(19)11-6-10(9-4-2-1-3-5-9)20-17(21-11)26-14-7-12(22-23)16-24-8-13(14)25-16/h1-6,13-16,23H,7-8H2/b22-12-/t13-,14+,16-/m0/s1. The summed E-state index contributed by atoms with van der Waals surface area (Å²) in [6.07, 6.45) is -3.14. The second kappa shape index (κ2) is 7.26. The number of hydrogen-bond donors (Lipinski definition) is 1. The summed E-state index contributed by atoms with van der Waals surface area (Å²) in [7, 11) is 0. The van der Waals surface area contributed by atoms with Crippen LogP contribution in [0.2, 0.25) is 0 Å². The van der Waals surface area contributed by atoms with Gasteiger partial charge in [-0.2, -0.15) is 0 Å². The first kappa shape index (κ1) is 17.3. The van der Waals surface area contributed by atoms with Crippen molar-refractivity contribution < 1.29 is 23.5 Å². The van der Waals surface area contributed by atoms with Crippen LogP contribution in [0.5, 0.6) is 0 Å². The SMILES string of the molecule is O/N=C1/C[C@@H](Sc2nc(-c3ccccc3)cc(C(F)F)n2)[C@@H]2CO[C@H]1O2. The summed E-state index contributed by atoms with van der Waals surface area (Å²) in [5.41, 5.74) is 1.23. The third-order valence-electron chi connectivity index (χ3n) is 4.21. The van der Waals surface area contributed by atoms with E-state index in [1.165, 1.54) is 17.8 Å². The zero-order chi connectivity index (χ0) is 18.1. The molecule has 2 fully saturated rings. The molecule has 0 spiro atoms. The Bertz CT molecular complexity index is 822. The number of alkyl halides is 2. The largest absolute Gasteiger partial charge is 0.411 e. The summed E-state index contributed by atoms with van der Waals surface area (Å²) in [5.74, 6) is 0. The molecule has 0 unspecified atom stereocenters. The molecular formula is C17H15F2N3O3S. The minimum absolute atomic E-state index is 0.184. The van der Waals surface area contributed by atoms with Crippen molar-refractivity contribution in [1.82, 2.24) is 9.97 Å². The maximum atomic E-state index is 13.3. The highest BCUT2D eigenvalue weighted by Crippen LogP contribution is 2.37. The van der Waals surface area contributed by atoms with Gasteiger partial charge in [0.2, 0.25) is 6.29 Å². The molecule has 2 aromatic rings. The fraction of sp³-hybridized carbons (Fsp3) is 0.353. The number of oxime groups is 1. The molecule has 2 saturated heterocycles. The topological polar surface area (TPSA) is 76.8 Å². The lowest BCUT2D eigenvalue weighted by Crippen LogP contribution is -2.37. The van der Waals surface area contributed by atoms with Gasteiger partial charge in [0.15, 0.2) is 5.16 Å². The first-order valence-electron chi connectivity index (χ1n) is 8.01. The van der Waals surface area contributed by atoms with Gasteiger partial charge in [-0.1, -0.05) is 47.2 Å². The molecule has 26 heavy (non-hydrogen) atoms. The average molecular weight is 379 g/mol. The summed E-state index contributed by atoms with van der Waals surface area (Å²) in [4.78, 5) is 8.42. The minimum Gasteiger partial charge on any atom is -0.411 e. The van der Waals surface area contributed by atoms with Gasteiger partial charge in [0, 0.05) is 17.2 Å². The molecule has 0 saturated carbocycles. The quantitative estimate of drug-likeness (QED) is 0.498. The Balaban J connectivity index is 1.64. The van der Waals surface area contributed by atoms with Crippen molar-refractivity contribution in [2.75, 3.05) is 6.61 Å². The van der Waals surface area contributed by atoms with E-state index in [4.69, 9.17) is 14.7 Å². The van der Waals surface area contributed by atoms with Gasteiger partial charge < -0.3 is 14.7 Å². The fourth-order valence-corrected chi connectivity index (χ4v) is 4.06. The molecule has 0 amide bonds. The highest BCUT2D eigenvalue weighted by molar-refractivity contribution is 7.99. The van der Waals surface area contributed by atoms with E-state index in [-0.39, 0.29) is 22.2 Å². The summed E-state index contributed by atoms with van der Waals surface area (Å²) in [6, 6.07) is 10.4. The van der Waals surface area contributed by atoms with Crippen LogP contribution in [0.3, 0.4) is 0 Å². The Kier molecular flexibility index (Phi) is 4.84. The summed E-state index contributed by atoms with van der Waals surface area (Å²) in [6.45, 7) is 0.349. The molecule has 2 bridgehead atoms. The van der Waals surface area contributed by atoms with Crippen molar-refractivity contribution in [1.29, 1.82) is 0 Å². The molecule has 3 heterocycles. The number of nitrogens with zero attached hydrogens (tertiary/aromatic N) is 3. The van der Waals surface area contributed by atoms with Crippen LogP contribution >= 0.6 is 11.8 Å². The van der Waals surface area contributed by atoms with Crippen molar-refractivity contribution in [3.8, 4) is 11.3 Å². The van der Waals surface area contributed by atoms with Crippen LogP contribution in [0.15, 0.2) is 46.7 Å². The lowest BCUT2D eigenvalue weighted by molar-refractivity contribution is -0.0169. The summed E-state index contributed by atoms with van der Waals surface area (Å²) < 4.78 is 37.6. The molecule has 0 aliphatic carbocycles. The molecule has 6 nitrogen and oxygen atoms in total. The van der Waals surface area contributed by atoms with Gasteiger partial charge in [-0.25, -0.2) is 18.7 Å². The molecule has 1 N–H and O–H groups in total. The smallest absolute Gasteiger partial charge is 0.280 e. The Morgan fingerprint density at radius 2 is 2.04 bits per heavy atom. The second-order valence-corrected chi connectivity index (χ2v) is 7.13. The normalized spacial score (nSPS) is 26.6. The van der Waals surface area contributed by atoms with Crippen LogP contribution in [0.1, 0.15) is 18.5 Å². The van der Waals surface area contributed by atoms with Crippen LogP contribution in [-0.4, -0.2) is 45.1 Å².